The molecular weight excluding hydrogens is 258 g/mol. The maximum atomic E-state index is 12.2. The zero-order chi connectivity index (χ0) is 13.2. The molecule has 1 aliphatic heterocycles. The molecule has 19 heavy (non-hydrogen) atoms. The van der Waals surface area contributed by atoms with Crippen molar-refractivity contribution in [3.63, 3.8) is 0 Å². The van der Waals surface area contributed by atoms with Crippen LogP contribution in [0.1, 0.15) is 35.0 Å². The first-order chi connectivity index (χ1) is 9.28. The van der Waals surface area contributed by atoms with Gasteiger partial charge in [-0.25, -0.2) is 0 Å². The van der Waals surface area contributed by atoms with Crippen molar-refractivity contribution in [3.8, 4) is 10.8 Å². The van der Waals surface area contributed by atoms with Crippen LogP contribution in [0.5, 0.6) is 10.8 Å². The number of hydrogen-bond donors (Lipinski definition) is 1. The average Bonchev–Trinajstić information content (AvgIpc) is 2.76. The smallest absolute Gasteiger partial charge is 0.260 e. The number of anilines is 1. The third-order valence-electron chi connectivity index (χ3n) is 3.11. The van der Waals surface area contributed by atoms with Gasteiger partial charge < -0.3 is 10.1 Å². The van der Waals surface area contributed by atoms with E-state index in [0.717, 1.165) is 24.9 Å². The van der Waals surface area contributed by atoms with Crippen molar-refractivity contribution < 1.29 is 9.53 Å². The molecule has 1 N–H and O–H groups in total. The molecule has 0 unspecified atom stereocenters. The molecular formula is C15H15NO2S. The molecule has 0 fully saturated rings. The number of fused-ring (bicyclic) bond motifs is 2. The highest BCUT2D eigenvalue weighted by Gasteiger charge is 2.23. The molecule has 1 aromatic heterocycles. The van der Waals surface area contributed by atoms with Gasteiger partial charge in [0.05, 0.1) is 11.3 Å². The van der Waals surface area contributed by atoms with Crippen molar-refractivity contribution in [1.29, 1.82) is 0 Å². The lowest BCUT2D eigenvalue weighted by Gasteiger charge is -2.05. The number of rotatable bonds is 3. The summed E-state index contributed by atoms with van der Waals surface area (Å²) >= 11 is 1.57. The number of unbranched alkanes of at least 4 members (excludes halogenated alkanes) is 1. The molecule has 0 atom stereocenters. The predicted molar refractivity (Wildman–Crippen MR) is 77.4 cm³/mol. The van der Waals surface area contributed by atoms with E-state index in [4.69, 9.17) is 4.74 Å². The average molecular weight is 273 g/mol. The molecule has 0 saturated carbocycles. The Morgan fingerprint density at radius 3 is 3.00 bits per heavy atom. The van der Waals surface area contributed by atoms with Crippen LogP contribution in [0.25, 0.3) is 0 Å². The Morgan fingerprint density at radius 2 is 2.16 bits per heavy atom. The van der Waals surface area contributed by atoms with Gasteiger partial charge in [0, 0.05) is 4.88 Å². The van der Waals surface area contributed by atoms with Gasteiger partial charge in [0.25, 0.3) is 5.91 Å². The molecule has 1 aliphatic rings. The number of nitrogens with one attached hydrogen (secondary N) is 1. The number of benzene rings is 1. The fourth-order valence-electron chi connectivity index (χ4n) is 2.08. The number of para-hydroxylation sites is 2. The molecule has 1 aromatic carbocycles. The maximum absolute atomic E-state index is 12.2. The second-order valence-electron chi connectivity index (χ2n) is 4.57. The van der Waals surface area contributed by atoms with E-state index >= 15 is 0 Å². The number of amides is 1. The molecule has 3 rings (SSSR count). The first kappa shape index (κ1) is 12.2. The van der Waals surface area contributed by atoms with Crippen LogP contribution in [-0.2, 0) is 6.42 Å². The van der Waals surface area contributed by atoms with Crippen LogP contribution in [0.4, 0.5) is 5.69 Å². The number of aryl methyl sites for hydroxylation is 1. The lowest BCUT2D eigenvalue weighted by molar-refractivity contribution is 0.102. The van der Waals surface area contributed by atoms with Crippen molar-refractivity contribution in [3.05, 3.63) is 40.8 Å². The third-order valence-corrected chi connectivity index (χ3v) is 4.18. The Bertz CT molecular complexity index is 618. The molecule has 2 heterocycles. The summed E-state index contributed by atoms with van der Waals surface area (Å²) in [5, 5.41) is 3.59. The normalized spacial score (nSPS) is 13.0. The van der Waals surface area contributed by atoms with Gasteiger partial charge in [-0.15, -0.1) is 11.3 Å². The standard InChI is InChI=1S/C15H15NO2S/c1-2-3-6-10-9-11-14(17)16-12-7-4-5-8-13(12)18-15(11)19-10/h4-5,7-9H,2-3,6H2,1H3,(H,16,17). The van der Waals surface area contributed by atoms with Crippen LogP contribution in [0.2, 0.25) is 0 Å². The molecule has 3 nitrogen and oxygen atoms in total. The number of thiophene rings is 1. The molecule has 2 aromatic rings. The van der Waals surface area contributed by atoms with Crippen molar-refractivity contribution in [1.82, 2.24) is 0 Å². The minimum atomic E-state index is -0.0843. The molecule has 0 spiro atoms. The van der Waals surface area contributed by atoms with E-state index in [2.05, 4.69) is 12.2 Å². The molecule has 0 bridgehead atoms. The van der Waals surface area contributed by atoms with Crippen molar-refractivity contribution >= 4 is 22.9 Å². The summed E-state index contributed by atoms with van der Waals surface area (Å²) in [6, 6.07) is 9.46. The van der Waals surface area contributed by atoms with E-state index in [1.165, 1.54) is 4.88 Å². The summed E-state index contributed by atoms with van der Waals surface area (Å²) in [6.45, 7) is 2.16. The van der Waals surface area contributed by atoms with E-state index in [9.17, 15) is 4.79 Å². The Hall–Kier alpha value is -1.81. The van der Waals surface area contributed by atoms with E-state index < -0.39 is 0 Å². The molecule has 4 heteroatoms. The van der Waals surface area contributed by atoms with Crippen molar-refractivity contribution in [2.24, 2.45) is 0 Å². The second kappa shape index (κ2) is 5.05. The summed E-state index contributed by atoms with van der Waals surface area (Å²) in [5.41, 5.74) is 1.37. The summed E-state index contributed by atoms with van der Waals surface area (Å²) in [5.74, 6) is 0.623. The third kappa shape index (κ3) is 2.36. The Balaban J connectivity index is 1.96. The fourth-order valence-corrected chi connectivity index (χ4v) is 3.13. The number of hydrogen-bond acceptors (Lipinski definition) is 3. The van der Waals surface area contributed by atoms with Crippen LogP contribution >= 0.6 is 11.3 Å². The van der Waals surface area contributed by atoms with Gasteiger partial charge in [-0.3, -0.25) is 4.79 Å². The number of carbonyl (C=O) groups is 1. The SMILES string of the molecule is CCCCc1cc2c(s1)Oc1ccccc1NC2=O. The lowest BCUT2D eigenvalue weighted by Crippen LogP contribution is -2.09. The largest absolute Gasteiger partial charge is 0.444 e. The van der Waals surface area contributed by atoms with Gasteiger partial charge in [0.1, 0.15) is 0 Å². The molecule has 98 valence electrons. The molecule has 0 saturated heterocycles. The fraction of sp³-hybridized carbons (Fsp3) is 0.267. The monoisotopic (exact) mass is 273 g/mol. The van der Waals surface area contributed by atoms with Gasteiger partial charge in [-0.1, -0.05) is 25.5 Å². The molecule has 0 radical (unpaired) electrons. The minimum absolute atomic E-state index is 0.0843. The van der Waals surface area contributed by atoms with Gasteiger partial charge in [-0.2, -0.15) is 0 Å². The zero-order valence-corrected chi connectivity index (χ0v) is 11.5. The van der Waals surface area contributed by atoms with E-state index in [1.807, 2.05) is 30.3 Å². The van der Waals surface area contributed by atoms with Crippen LogP contribution in [0, 0.1) is 0 Å². The van der Waals surface area contributed by atoms with E-state index in [-0.39, 0.29) is 5.91 Å². The highest BCUT2D eigenvalue weighted by Crippen LogP contribution is 2.40. The minimum Gasteiger partial charge on any atom is -0.444 e. The van der Waals surface area contributed by atoms with Gasteiger partial charge in [0.15, 0.2) is 10.8 Å². The first-order valence-electron chi connectivity index (χ1n) is 6.49. The van der Waals surface area contributed by atoms with Gasteiger partial charge in [0.2, 0.25) is 0 Å². The summed E-state index contributed by atoms with van der Waals surface area (Å²) < 4.78 is 5.87. The summed E-state index contributed by atoms with van der Waals surface area (Å²) in [6.07, 6.45) is 3.29. The molecule has 1 amide bonds. The highest BCUT2D eigenvalue weighted by molar-refractivity contribution is 7.14. The lowest BCUT2D eigenvalue weighted by atomic mass is 10.2. The number of carbonyl (C=O) groups excluding carboxylic acids is 1. The Kier molecular flexibility index (Phi) is 3.25. The summed E-state index contributed by atoms with van der Waals surface area (Å²) in [4.78, 5) is 13.4. The highest BCUT2D eigenvalue weighted by atomic mass is 32.1. The van der Waals surface area contributed by atoms with Crippen LogP contribution < -0.4 is 10.1 Å². The van der Waals surface area contributed by atoms with Crippen LogP contribution in [0.15, 0.2) is 30.3 Å². The van der Waals surface area contributed by atoms with E-state index in [0.29, 0.717) is 16.4 Å². The zero-order valence-electron chi connectivity index (χ0n) is 10.7. The quantitative estimate of drug-likeness (QED) is 0.897. The molecule has 0 aliphatic carbocycles. The predicted octanol–water partition coefficient (Wildman–Crippen LogP) is 4.45. The van der Waals surface area contributed by atoms with Crippen molar-refractivity contribution in [2.75, 3.05) is 5.32 Å². The Morgan fingerprint density at radius 1 is 1.32 bits per heavy atom. The van der Waals surface area contributed by atoms with E-state index in [1.54, 1.807) is 11.3 Å². The maximum Gasteiger partial charge on any atom is 0.260 e. The topological polar surface area (TPSA) is 38.3 Å². The number of ether oxygens (including phenoxy) is 1. The van der Waals surface area contributed by atoms with Crippen molar-refractivity contribution in [2.45, 2.75) is 26.2 Å². The second-order valence-corrected chi connectivity index (χ2v) is 5.67. The van der Waals surface area contributed by atoms with Crippen LogP contribution in [0.3, 0.4) is 0 Å². The summed E-state index contributed by atoms with van der Waals surface area (Å²) in [7, 11) is 0. The first-order valence-corrected chi connectivity index (χ1v) is 7.30. The Labute approximate surface area is 116 Å². The van der Waals surface area contributed by atoms with Gasteiger partial charge >= 0.3 is 0 Å². The van der Waals surface area contributed by atoms with Crippen LogP contribution in [-0.4, -0.2) is 5.91 Å². The van der Waals surface area contributed by atoms with Gasteiger partial charge in [-0.05, 0) is 31.0 Å².